The molecule has 3 rings (SSSR count). The van der Waals surface area contributed by atoms with E-state index in [-0.39, 0.29) is 16.9 Å². The Morgan fingerprint density at radius 2 is 1.84 bits per heavy atom. The van der Waals surface area contributed by atoms with Gasteiger partial charge in [0.25, 0.3) is 11.6 Å². The lowest BCUT2D eigenvalue weighted by atomic mass is 10.1. The molecule has 168 valence electrons. The summed E-state index contributed by atoms with van der Waals surface area (Å²) in [7, 11) is 1.59. The maximum absolute atomic E-state index is 14.0. The van der Waals surface area contributed by atoms with Gasteiger partial charge in [-0.25, -0.2) is 8.78 Å². The van der Waals surface area contributed by atoms with E-state index in [1.54, 1.807) is 19.2 Å². The van der Waals surface area contributed by atoms with Gasteiger partial charge in [0.15, 0.2) is 0 Å². The summed E-state index contributed by atoms with van der Waals surface area (Å²) in [6.45, 7) is 1.76. The van der Waals surface area contributed by atoms with Gasteiger partial charge in [0.1, 0.15) is 11.6 Å². The average Bonchev–Trinajstić information content (AvgIpc) is 3.23. The smallest absolute Gasteiger partial charge is 0.276 e. The van der Waals surface area contributed by atoms with E-state index in [9.17, 15) is 23.7 Å². The van der Waals surface area contributed by atoms with Gasteiger partial charge in [0.05, 0.1) is 16.2 Å². The summed E-state index contributed by atoms with van der Waals surface area (Å²) in [5, 5.41) is 18.3. The summed E-state index contributed by atoms with van der Waals surface area (Å²) in [5.74, 6) is -1.52. The van der Waals surface area contributed by atoms with Crippen molar-refractivity contribution in [3.63, 3.8) is 0 Å². The van der Waals surface area contributed by atoms with E-state index < -0.39 is 22.3 Å². The number of unbranched alkanes of at least 4 members (excludes halogenated alkanes) is 2. The van der Waals surface area contributed by atoms with Crippen molar-refractivity contribution >= 4 is 11.6 Å². The first-order chi connectivity index (χ1) is 15.3. The van der Waals surface area contributed by atoms with Gasteiger partial charge in [0, 0.05) is 36.5 Å². The second kappa shape index (κ2) is 10.1. The van der Waals surface area contributed by atoms with Crippen LogP contribution in [0.3, 0.4) is 0 Å². The molecule has 0 saturated heterocycles. The lowest BCUT2D eigenvalue weighted by Crippen LogP contribution is -2.28. The Morgan fingerprint density at radius 3 is 2.53 bits per heavy atom. The van der Waals surface area contributed by atoms with Crippen LogP contribution < -0.4 is 0 Å². The Hall–Kier alpha value is -3.62. The molecule has 1 N–H and O–H groups in total. The molecule has 0 unspecified atom stereocenters. The number of nitrogens with zero attached hydrogens (tertiary/aromatic N) is 3. The molecule has 7 nitrogen and oxygen atoms in total. The molecule has 3 aromatic rings. The largest absolute Gasteiger partial charge is 0.342 e. The van der Waals surface area contributed by atoms with Gasteiger partial charge in [-0.15, -0.1) is 0 Å². The lowest BCUT2D eigenvalue weighted by Gasteiger charge is -2.17. The minimum Gasteiger partial charge on any atom is -0.342 e. The molecule has 0 saturated carbocycles. The Kier molecular flexibility index (Phi) is 7.29. The normalized spacial score (nSPS) is 10.9. The maximum atomic E-state index is 14.0. The fourth-order valence-corrected chi connectivity index (χ4v) is 3.40. The highest BCUT2D eigenvalue weighted by Crippen LogP contribution is 2.24. The number of halogens is 2. The van der Waals surface area contributed by atoms with E-state index in [1.807, 2.05) is 6.07 Å². The van der Waals surface area contributed by atoms with E-state index in [2.05, 4.69) is 10.2 Å². The first-order valence-electron chi connectivity index (χ1n) is 10.3. The molecule has 0 bridgehead atoms. The highest BCUT2D eigenvalue weighted by Gasteiger charge is 2.21. The SMILES string of the molecule is Cc1c(F)cc(C(=O)N(C)CCCCCc2cc(-c3ccc(F)cc3)n[nH]2)cc1[N+](=O)[O-]. The number of carbonyl (C=O) groups excluding carboxylic acids is 1. The molecule has 0 aliphatic heterocycles. The Bertz CT molecular complexity index is 1110. The van der Waals surface area contributed by atoms with Crippen LogP contribution >= 0.6 is 0 Å². The van der Waals surface area contributed by atoms with E-state index in [0.29, 0.717) is 6.54 Å². The predicted octanol–water partition coefficient (Wildman–Crippen LogP) is 5.06. The molecular weight excluding hydrogens is 418 g/mol. The summed E-state index contributed by atoms with van der Waals surface area (Å²) in [6.07, 6.45) is 3.24. The first kappa shape index (κ1) is 23.1. The molecule has 1 aromatic heterocycles. The molecule has 0 spiro atoms. The Morgan fingerprint density at radius 1 is 1.12 bits per heavy atom. The third-order valence-electron chi connectivity index (χ3n) is 5.32. The quantitative estimate of drug-likeness (QED) is 0.285. The van der Waals surface area contributed by atoms with Crippen molar-refractivity contribution in [2.24, 2.45) is 0 Å². The summed E-state index contributed by atoms with van der Waals surface area (Å²) < 4.78 is 27.0. The summed E-state index contributed by atoms with van der Waals surface area (Å²) in [4.78, 5) is 24.3. The number of nitrogens with one attached hydrogen (secondary N) is 1. The summed E-state index contributed by atoms with van der Waals surface area (Å²) >= 11 is 0. The number of rotatable bonds is 9. The van der Waals surface area contributed by atoms with Crippen molar-refractivity contribution < 1.29 is 18.5 Å². The second-order valence-electron chi connectivity index (χ2n) is 7.68. The average molecular weight is 442 g/mol. The highest BCUT2D eigenvalue weighted by atomic mass is 19.1. The molecule has 0 radical (unpaired) electrons. The van der Waals surface area contributed by atoms with Crippen LogP contribution in [0, 0.1) is 28.7 Å². The molecule has 2 aromatic carbocycles. The molecule has 0 fully saturated rings. The third-order valence-corrected chi connectivity index (χ3v) is 5.32. The van der Waals surface area contributed by atoms with Gasteiger partial charge < -0.3 is 4.90 Å². The van der Waals surface area contributed by atoms with Gasteiger partial charge >= 0.3 is 0 Å². The monoisotopic (exact) mass is 442 g/mol. The Labute approximate surface area is 184 Å². The minimum absolute atomic E-state index is 0.0342. The van der Waals surface area contributed by atoms with Crippen molar-refractivity contribution in [1.82, 2.24) is 15.1 Å². The van der Waals surface area contributed by atoms with Crippen LogP contribution in [-0.4, -0.2) is 39.5 Å². The van der Waals surface area contributed by atoms with Crippen LogP contribution in [0.4, 0.5) is 14.5 Å². The number of aromatic nitrogens is 2. The first-order valence-corrected chi connectivity index (χ1v) is 10.3. The molecular formula is C23H24F2N4O3. The lowest BCUT2D eigenvalue weighted by molar-refractivity contribution is -0.385. The third kappa shape index (κ3) is 5.54. The zero-order valence-electron chi connectivity index (χ0n) is 17.9. The van der Waals surface area contributed by atoms with Crippen LogP contribution in [0.15, 0.2) is 42.5 Å². The number of hydrogen-bond donors (Lipinski definition) is 1. The topological polar surface area (TPSA) is 92.1 Å². The van der Waals surface area contributed by atoms with Gasteiger partial charge in [-0.2, -0.15) is 5.10 Å². The van der Waals surface area contributed by atoms with Crippen molar-refractivity contribution in [3.05, 3.63) is 81.0 Å². The molecule has 0 atom stereocenters. The van der Waals surface area contributed by atoms with Gasteiger partial charge in [0.2, 0.25) is 0 Å². The molecule has 0 aliphatic rings. The van der Waals surface area contributed by atoms with Crippen molar-refractivity contribution in [1.29, 1.82) is 0 Å². The van der Waals surface area contributed by atoms with Crippen molar-refractivity contribution in [3.8, 4) is 11.3 Å². The number of hydrogen-bond acceptors (Lipinski definition) is 4. The van der Waals surface area contributed by atoms with Crippen LogP contribution in [0.1, 0.15) is 40.9 Å². The predicted molar refractivity (Wildman–Crippen MR) is 116 cm³/mol. The Balaban J connectivity index is 1.46. The van der Waals surface area contributed by atoms with Gasteiger partial charge in [-0.05, 0) is 62.6 Å². The second-order valence-corrected chi connectivity index (χ2v) is 7.68. The van der Waals surface area contributed by atoms with E-state index in [4.69, 9.17) is 0 Å². The van der Waals surface area contributed by atoms with Crippen LogP contribution in [-0.2, 0) is 6.42 Å². The number of aryl methyl sites for hydroxylation is 1. The van der Waals surface area contributed by atoms with Crippen molar-refractivity contribution in [2.45, 2.75) is 32.6 Å². The summed E-state index contributed by atoms with van der Waals surface area (Å²) in [6, 6.07) is 10.2. The number of nitro groups is 1. The number of H-pyrrole nitrogens is 1. The number of benzene rings is 2. The number of aromatic amines is 1. The number of nitro benzene ring substituents is 1. The molecule has 0 aliphatic carbocycles. The van der Waals surface area contributed by atoms with Gasteiger partial charge in [-0.3, -0.25) is 20.0 Å². The molecule has 9 heteroatoms. The van der Waals surface area contributed by atoms with Crippen LogP contribution in [0.2, 0.25) is 0 Å². The molecule has 1 heterocycles. The zero-order valence-corrected chi connectivity index (χ0v) is 17.9. The summed E-state index contributed by atoms with van der Waals surface area (Å²) in [5.41, 5.74) is 2.03. The minimum atomic E-state index is -0.768. The molecule has 1 amide bonds. The maximum Gasteiger partial charge on any atom is 0.276 e. The van der Waals surface area contributed by atoms with E-state index in [1.165, 1.54) is 24.0 Å². The fourth-order valence-electron chi connectivity index (χ4n) is 3.40. The molecule has 32 heavy (non-hydrogen) atoms. The van der Waals surface area contributed by atoms with E-state index >= 15 is 0 Å². The van der Waals surface area contributed by atoms with Crippen LogP contribution in [0.25, 0.3) is 11.3 Å². The van der Waals surface area contributed by atoms with Gasteiger partial charge in [-0.1, -0.05) is 6.42 Å². The number of amides is 1. The van der Waals surface area contributed by atoms with E-state index in [0.717, 1.165) is 54.8 Å². The standard InChI is InChI=1S/C23H24F2N4O3/c1-15-20(25)12-17(13-22(15)29(31)32)23(30)28(2)11-5-3-4-6-19-14-21(27-26-19)16-7-9-18(24)10-8-16/h7-10,12-14H,3-6,11H2,1-2H3,(H,26,27). The van der Waals surface area contributed by atoms with Crippen molar-refractivity contribution in [2.75, 3.05) is 13.6 Å². The number of carbonyl (C=O) groups is 1. The zero-order chi connectivity index (χ0) is 23.3. The van der Waals surface area contributed by atoms with Crippen LogP contribution in [0.5, 0.6) is 0 Å². The highest BCUT2D eigenvalue weighted by molar-refractivity contribution is 5.94. The fraction of sp³-hybridized carbons (Fsp3) is 0.304.